The quantitative estimate of drug-likeness (QED) is 0.0927. The van der Waals surface area contributed by atoms with Gasteiger partial charge in [0.25, 0.3) is 0 Å². The normalized spacial score (nSPS) is 15.5. The molecule has 0 bridgehead atoms. The molecule has 0 spiro atoms. The highest BCUT2D eigenvalue weighted by atomic mass is 16.6. The Balaban J connectivity index is 3.70. The molecule has 0 heterocycles. The first-order valence-electron chi connectivity index (χ1n) is 11.9. The molecule has 0 unspecified atom stereocenters. The van der Waals surface area contributed by atoms with Crippen LogP contribution in [-0.4, -0.2) is 63.7 Å². The van der Waals surface area contributed by atoms with E-state index in [1.54, 1.807) is 0 Å². The van der Waals surface area contributed by atoms with Crippen LogP contribution in [0.1, 0.15) is 96.8 Å². The van der Waals surface area contributed by atoms with Crippen LogP contribution in [0.5, 0.6) is 0 Å². The van der Waals surface area contributed by atoms with Crippen molar-refractivity contribution in [1.29, 1.82) is 0 Å². The third-order valence-electron chi connectivity index (χ3n) is 5.31. The van der Waals surface area contributed by atoms with Gasteiger partial charge in [-0.25, -0.2) is 0 Å². The van der Waals surface area contributed by atoms with Gasteiger partial charge in [0.1, 0.15) is 18.3 Å². The zero-order valence-electron chi connectivity index (χ0n) is 19.2. The molecule has 0 fully saturated rings. The minimum absolute atomic E-state index is 0.119. The van der Waals surface area contributed by atoms with Crippen molar-refractivity contribution in [1.82, 2.24) is 0 Å². The molecule has 0 aromatic heterocycles. The summed E-state index contributed by atoms with van der Waals surface area (Å²) in [5, 5.41) is 37.5. The lowest BCUT2D eigenvalue weighted by Crippen LogP contribution is -2.48. The second-order valence-corrected chi connectivity index (χ2v) is 8.16. The summed E-state index contributed by atoms with van der Waals surface area (Å²) in [4.78, 5) is 22.8. The maximum atomic E-state index is 11.8. The highest BCUT2D eigenvalue weighted by Gasteiger charge is 2.33. The van der Waals surface area contributed by atoms with Crippen molar-refractivity contribution < 1.29 is 34.8 Å². The molecule has 0 amide bonds. The van der Waals surface area contributed by atoms with Crippen LogP contribution in [0.15, 0.2) is 12.2 Å². The third kappa shape index (κ3) is 16.1. The number of esters is 1. The van der Waals surface area contributed by atoms with E-state index < -0.39 is 37.0 Å². The summed E-state index contributed by atoms with van der Waals surface area (Å²) in [6.45, 7) is 1.45. The fourth-order valence-electron chi connectivity index (χ4n) is 3.26. The van der Waals surface area contributed by atoms with E-state index in [0.717, 1.165) is 32.1 Å². The number of ether oxygens (including phenoxy) is 1. The number of carbonyl (C=O) groups excluding carboxylic acids is 2. The van der Waals surface area contributed by atoms with Crippen molar-refractivity contribution in [2.45, 2.75) is 121 Å². The average Bonchev–Trinajstić information content (AvgIpc) is 2.78. The van der Waals surface area contributed by atoms with Crippen LogP contribution in [0.3, 0.4) is 0 Å². The van der Waals surface area contributed by atoms with Crippen LogP contribution >= 0.6 is 0 Å². The molecule has 0 saturated carbocycles. The Bertz CT molecular complexity index is 467. The topological polar surface area (TPSA) is 124 Å². The molecule has 0 aromatic rings. The van der Waals surface area contributed by atoms with Gasteiger partial charge in [0.15, 0.2) is 12.4 Å². The maximum Gasteiger partial charge on any atom is 0.306 e. The van der Waals surface area contributed by atoms with Gasteiger partial charge in [-0.3, -0.25) is 9.59 Å². The molecule has 0 saturated heterocycles. The second-order valence-electron chi connectivity index (χ2n) is 8.16. The Hall–Kier alpha value is -1.28. The first kappa shape index (κ1) is 29.7. The Morgan fingerprint density at radius 1 is 0.806 bits per heavy atom. The first-order chi connectivity index (χ1) is 15.0. The van der Waals surface area contributed by atoms with Crippen molar-refractivity contribution in [2.24, 2.45) is 0 Å². The highest BCUT2D eigenvalue weighted by molar-refractivity contribution is 5.72. The summed E-state index contributed by atoms with van der Waals surface area (Å²) in [7, 11) is 0. The molecule has 31 heavy (non-hydrogen) atoms. The molecule has 0 aromatic carbocycles. The van der Waals surface area contributed by atoms with Crippen LogP contribution in [0.4, 0.5) is 0 Å². The number of carbonyl (C=O) groups is 2. The van der Waals surface area contributed by atoms with Crippen molar-refractivity contribution in [3.05, 3.63) is 12.2 Å². The van der Waals surface area contributed by atoms with Crippen molar-refractivity contribution in [2.75, 3.05) is 6.61 Å². The van der Waals surface area contributed by atoms with Gasteiger partial charge in [0, 0.05) is 6.42 Å². The van der Waals surface area contributed by atoms with Gasteiger partial charge in [-0.05, 0) is 32.1 Å². The number of aliphatic hydroxyl groups excluding tert-OH is 4. The third-order valence-corrected chi connectivity index (χ3v) is 5.31. The average molecular weight is 445 g/mol. The number of hydrogen-bond donors (Lipinski definition) is 4. The summed E-state index contributed by atoms with van der Waals surface area (Å²) < 4.78 is 4.88. The lowest BCUT2D eigenvalue weighted by Gasteiger charge is -2.25. The molecular weight excluding hydrogens is 400 g/mol. The molecule has 4 atom stereocenters. The zero-order valence-corrected chi connectivity index (χ0v) is 19.2. The standard InChI is InChI=1S/C24H44O7/c1-2-3-4-5-6-7-8-9-10-11-12-13-14-15-16-17-22(28)31-21(19-26)24(30)23(29)20(27)18-25/h9-10,19-21,23-25,27,29-30H,2-8,11-18H2,1H3/b10-9-/t20-,21-,23-,24-/m1/s1. The van der Waals surface area contributed by atoms with Gasteiger partial charge >= 0.3 is 5.97 Å². The number of aldehydes is 1. The minimum atomic E-state index is -1.79. The van der Waals surface area contributed by atoms with Crippen LogP contribution in [-0.2, 0) is 14.3 Å². The summed E-state index contributed by atoms with van der Waals surface area (Å²) in [5.74, 6) is -0.639. The van der Waals surface area contributed by atoms with E-state index >= 15 is 0 Å². The monoisotopic (exact) mass is 444 g/mol. The van der Waals surface area contributed by atoms with Gasteiger partial charge in [-0.2, -0.15) is 0 Å². The van der Waals surface area contributed by atoms with Crippen molar-refractivity contribution >= 4 is 12.3 Å². The fourth-order valence-corrected chi connectivity index (χ4v) is 3.26. The second kappa shape index (κ2) is 20.6. The fraction of sp³-hybridized carbons (Fsp3) is 0.833. The lowest BCUT2D eigenvalue weighted by molar-refractivity contribution is -0.168. The summed E-state index contributed by atoms with van der Waals surface area (Å²) >= 11 is 0. The number of rotatable bonds is 21. The maximum absolute atomic E-state index is 11.8. The van der Waals surface area contributed by atoms with Gasteiger partial charge in [0.2, 0.25) is 0 Å². The van der Waals surface area contributed by atoms with E-state index in [4.69, 9.17) is 9.84 Å². The number of aliphatic hydroxyl groups is 4. The summed E-state index contributed by atoms with van der Waals surface area (Å²) in [5.41, 5.74) is 0. The molecule has 182 valence electrons. The van der Waals surface area contributed by atoms with Gasteiger partial charge in [-0.1, -0.05) is 70.4 Å². The predicted molar refractivity (Wildman–Crippen MR) is 121 cm³/mol. The smallest absolute Gasteiger partial charge is 0.306 e. The predicted octanol–water partition coefficient (Wildman–Crippen LogP) is 3.21. The minimum Gasteiger partial charge on any atom is -0.452 e. The molecule has 0 radical (unpaired) electrons. The number of unbranched alkanes of at least 4 members (excludes halogenated alkanes) is 11. The molecule has 0 aliphatic carbocycles. The summed E-state index contributed by atoms with van der Waals surface area (Å²) in [6, 6.07) is 0. The Labute approximate surface area is 187 Å². The van der Waals surface area contributed by atoms with Gasteiger partial charge in [-0.15, -0.1) is 0 Å². The number of hydrogen-bond acceptors (Lipinski definition) is 7. The Morgan fingerprint density at radius 2 is 1.32 bits per heavy atom. The SMILES string of the molecule is CCCCCCCC/C=C\CCCCCCCC(=O)O[C@H](C=O)[C@@H](O)[C@H](O)[C@H](O)CO. The largest absolute Gasteiger partial charge is 0.452 e. The van der Waals surface area contributed by atoms with E-state index in [1.165, 1.54) is 44.9 Å². The van der Waals surface area contributed by atoms with Gasteiger partial charge < -0.3 is 25.2 Å². The van der Waals surface area contributed by atoms with E-state index in [-0.39, 0.29) is 12.7 Å². The molecule has 7 nitrogen and oxygen atoms in total. The van der Waals surface area contributed by atoms with Crippen molar-refractivity contribution in [3.8, 4) is 0 Å². The number of allylic oxidation sites excluding steroid dienone is 2. The van der Waals surface area contributed by atoms with E-state index in [2.05, 4.69) is 19.1 Å². The molecule has 0 rings (SSSR count). The molecule has 0 aliphatic heterocycles. The van der Waals surface area contributed by atoms with E-state index in [9.17, 15) is 24.9 Å². The Morgan fingerprint density at radius 3 is 1.84 bits per heavy atom. The van der Waals surface area contributed by atoms with Crippen LogP contribution in [0, 0.1) is 0 Å². The van der Waals surface area contributed by atoms with E-state index in [1.807, 2.05) is 0 Å². The zero-order chi connectivity index (χ0) is 23.3. The van der Waals surface area contributed by atoms with Crippen LogP contribution < -0.4 is 0 Å². The molecule has 4 N–H and O–H groups in total. The molecule has 0 aliphatic rings. The van der Waals surface area contributed by atoms with E-state index in [0.29, 0.717) is 6.42 Å². The highest BCUT2D eigenvalue weighted by Crippen LogP contribution is 2.12. The van der Waals surface area contributed by atoms with Crippen LogP contribution in [0.25, 0.3) is 0 Å². The molecular formula is C24H44O7. The molecule has 7 heteroatoms. The lowest BCUT2D eigenvalue weighted by atomic mass is 10.0. The Kier molecular flexibility index (Phi) is 19.8. The summed E-state index contributed by atoms with van der Waals surface area (Å²) in [6.07, 6.45) is 13.0. The van der Waals surface area contributed by atoms with Gasteiger partial charge in [0.05, 0.1) is 6.61 Å². The van der Waals surface area contributed by atoms with Crippen LogP contribution in [0.2, 0.25) is 0 Å². The van der Waals surface area contributed by atoms with Crippen molar-refractivity contribution in [3.63, 3.8) is 0 Å². The first-order valence-corrected chi connectivity index (χ1v) is 11.9.